The van der Waals surface area contributed by atoms with E-state index in [2.05, 4.69) is 34.9 Å². The van der Waals surface area contributed by atoms with E-state index in [0.717, 1.165) is 25.9 Å². The number of amides is 1. The van der Waals surface area contributed by atoms with Crippen molar-refractivity contribution < 1.29 is 4.79 Å². The molecule has 23 heavy (non-hydrogen) atoms. The molecule has 124 valence electrons. The maximum Gasteiger partial charge on any atom is 0.228 e. The van der Waals surface area contributed by atoms with E-state index in [1.165, 1.54) is 30.4 Å². The molecule has 2 N–H and O–H groups in total. The number of carbonyl (C=O) groups is 1. The standard InChI is InChI=1S/C19H24N2O.ClH/c22-18(19-8-4-3-6-13(19)10-20-11-19)21-17-15-9-12-5-1-2-7-14(12)16(15)17;/h1-2,5,7,13,15-17,20H,3-4,6,8-11H2,(H,21,22);1H/t13-,15?,16?,17?,19+;/m0./s1. The summed E-state index contributed by atoms with van der Waals surface area (Å²) >= 11 is 0. The van der Waals surface area contributed by atoms with E-state index in [4.69, 9.17) is 0 Å². The van der Waals surface area contributed by atoms with Crippen LogP contribution in [0.25, 0.3) is 0 Å². The highest BCUT2D eigenvalue weighted by molar-refractivity contribution is 5.85. The fraction of sp³-hybridized carbons (Fsp3) is 0.632. The molecule has 1 aromatic rings. The molecule has 1 heterocycles. The van der Waals surface area contributed by atoms with E-state index >= 15 is 0 Å². The van der Waals surface area contributed by atoms with E-state index < -0.39 is 0 Å². The Bertz CT molecular complexity index is 634. The van der Waals surface area contributed by atoms with E-state index in [1.54, 1.807) is 0 Å². The minimum absolute atomic E-state index is 0. The largest absolute Gasteiger partial charge is 0.352 e. The van der Waals surface area contributed by atoms with E-state index in [9.17, 15) is 4.79 Å². The zero-order chi connectivity index (χ0) is 14.7. The maximum atomic E-state index is 13.0. The zero-order valence-corrected chi connectivity index (χ0v) is 14.2. The highest BCUT2D eigenvalue weighted by Crippen LogP contribution is 2.56. The number of hydrogen-bond donors (Lipinski definition) is 2. The van der Waals surface area contributed by atoms with Gasteiger partial charge in [0.1, 0.15) is 0 Å². The first-order chi connectivity index (χ1) is 10.8. The average molecular weight is 333 g/mol. The number of hydrogen-bond acceptors (Lipinski definition) is 2. The van der Waals surface area contributed by atoms with Crippen molar-refractivity contribution in [2.45, 2.75) is 44.1 Å². The van der Waals surface area contributed by atoms with Crippen LogP contribution in [0.1, 0.15) is 42.7 Å². The summed E-state index contributed by atoms with van der Waals surface area (Å²) in [5.74, 6) is 2.16. The topological polar surface area (TPSA) is 41.1 Å². The quantitative estimate of drug-likeness (QED) is 0.874. The van der Waals surface area contributed by atoms with E-state index in [0.29, 0.717) is 29.7 Å². The van der Waals surface area contributed by atoms with Crippen molar-refractivity contribution in [1.82, 2.24) is 10.6 Å². The minimum Gasteiger partial charge on any atom is -0.352 e. The Morgan fingerprint density at radius 2 is 2.13 bits per heavy atom. The molecule has 1 amide bonds. The molecule has 5 rings (SSSR count). The van der Waals surface area contributed by atoms with Gasteiger partial charge in [0, 0.05) is 18.5 Å². The molecule has 3 unspecified atom stereocenters. The van der Waals surface area contributed by atoms with Crippen molar-refractivity contribution in [3.05, 3.63) is 35.4 Å². The van der Waals surface area contributed by atoms with Crippen LogP contribution >= 0.6 is 12.4 Å². The average Bonchev–Trinajstić information content (AvgIpc) is 2.93. The number of benzene rings is 1. The Hall–Kier alpha value is -1.06. The summed E-state index contributed by atoms with van der Waals surface area (Å²) in [4.78, 5) is 13.0. The van der Waals surface area contributed by atoms with Crippen LogP contribution in [0.5, 0.6) is 0 Å². The number of halogens is 1. The lowest BCUT2D eigenvalue weighted by molar-refractivity contribution is -0.134. The van der Waals surface area contributed by atoms with Crippen LogP contribution in [-0.4, -0.2) is 25.0 Å². The van der Waals surface area contributed by atoms with Gasteiger partial charge < -0.3 is 10.6 Å². The third-order valence-corrected chi connectivity index (χ3v) is 6.83. The molecule has 0 radical (unpaired) electrons. The Balaban J connectivity index is 0.00000135. The number of carbonyl (C=O) groups excluding carboxylic acids is 1. The van der Waals surface area contributed by atoms with Gasteiger partial charge in [-0.05, 0) is 48.8 Å². The van der Waals surface area contributed by atoms with E-state index in [1.807, 2.05) is 0 Å². The summed E-state index contributed by atoms with van der Waals surface area (Å²) in [5.41, 5.74) is 2.88. The van der Waals surface area contributed by atoms with Crippen molar-refractivity contribution in [2.24, 2.45) is 17.3 Å². The van der Waals surface area contributed by atoms with Gasteiger partial charge in [-0.2, -0.15) is 0 Å². The number of fused-ring (bicyclic) bond motifs is 4. The third kappa shape index (κ3) is 2.16. The summed E-state index contributed by atoms with van der Waals surface area (Å²) in [5, 5.41) is 6.93. The summed E-state index contributed by atoms with van der Waals surface area (Å²) in [6.07, 6.45) is 5.96. The highest BCUT2D eigenvalue weighted by Gasteiger charge is 2.58. The van der Waals surface area contributed by atoms with Crippen molar-refractivity contribution in [3.63, 3.8) is 0 Å². The number of nitrogens with one attached hydrogen (secondary N) is 2. The molecule has 1 saturated heterocycles. The fourth-order valence-electron chi connectivity index (χ4n) is 5.53. The Morgan fingerprint density at radius 3 is 3.04 bits per heavy atom. The lowest BCUT2D eigenvalue weighted by Crippen LogP contribution is -2.49. The van der Waals surface area contributed by atoms with Crippen LogP contribution < -0.4 is 10.6 Å². The van der Waals surface area contributed by atoms with Gasteiger partial charge in [0.25, 0.3) is 0 Å². The highest BCUT2D eigenvalue weighted by atomic mass is 35.5. The SMILES string of the molecule is Cl.O=C(NC1C2Cc3ccccc3C21)[C@@]12CCCC[C@H]1CNC2. The number of rotatable bonds is 2. The molecule has 2 saturated carbocycles. The smallest absolute Gasteiger partial charge is 0.228 e. The van der Waals surface area contributed by atoms with Crippen molar-refractivity contribution >= 4 is 18.3 Å². The van der Waals surface area contributed by atoms with Gasteiger partial charge in [0.2, 0.25) is 5.91 Å². The second-order valence-corrected chi connectivity index (χ2v) is 7.82. The van der Waals surface area contributed by atoms with Gasteiger partial charge >= 0.3 is 0 Å². The Labute approximate surface area is 144 Å². The Morgan fingerprint density at radius 1 is 1.26 bits per heavy atom. The molecule has 3 nitrogen and oxygen atoms in total. The maximum absolute atomic E-state index is 13.0. The third-order valence-electron chi connectivity index (χ3n) is 6.83. The first-order valence-electron chi connectivity index (χ1n) is 8.89. The van der Waals surface area contributed by atoms with Gasteiger partial charge in [0.15, 0.2) is 0 Å². The van der Waals surface area contributed by atoms with Crippen LogP contribution in [0.3, 0.4) is 0 Å². The lowest BCUT2D eigenvalue weighted by atomic mass is 9.67. The predicted molar refractivity (Wildman–Crippen MR) is 92.8 cm³/mol. The van der Waals surface area contributed by atoms with Crippen LogP contribution in [0, 0.1) is 17.3 Å². The van der Waals surface area contributed by atoms with Gasteiger partial charge in [-0.3, -0.25) is 4.79 Å². The van der Waals surface area contributed by atoms with Gasteiger partial charge in [-0.15, -0.1) is 12.4 Å². The summed E-state index contributed by atoms with van der Waals surface area (Å²) in [7, 11) is 0. The summed E-state index contributed by atoms with van der Waals surface area (Å²) < 4.78 is 0. The zero-order valence-electron chi connectivity index (χ0n) is 13.4. The molecule has 0 spiro atoms. The normalized spacial score (nSPS) is 39.7. The van der Waals surface area contributed by atoms with Gasteiger partial charge in [-0.25, -0.2) is 0 Å². The van der Waals surface area contributed by atoms with Crippen LogP contribution in [-0.2, 0) is 11.2 Å². The summed E-state index contributed by atoms with van der Waals surface area (Å²) in [6, 6.07) is 9.17. The molecule has 1 aromatic carbocycles. The molecule has 0 aromatic heterocycles. The van der Waals surface area contributed by atoms with Crippen molar-refractivity contribution in [2.75, 3.05) is 13.1 Å². The molecule has 4 aliphatic rings. The molecule has 3 aliphatic carbocycles. The molecule has 5 atom stereocenters. The van der Waals surface area contributed by atoms with Crippen molar-refractivity contribution in [1.29, 1.82) is 0 Å². The molecule has 0 bridgehead atoms. The minimum atomic E-state index is -0.103. The van der Waals surface area contributed by atoms with Gasteiger partial charge in [-0.1, -0.05) is 37.1 Å². The van der Waals surface area contributed by atoms with Crippen LogP contribution in [0.4, 0.5) is 0 Å². The molecule has 1 aliphatic heterocycles. The molecular weight excluding hydrogens is 308 g/mol. The molecule has 3 fully saturated rings. The van der Waals surface area contributed by atoms with Crippen LogP contribution in [0.2, 0.25) is 0 Å². The molecular formula is C19H25ClN2O. The fourth-order valence-corrected chi connectivity index (χ4v) is 5.53. The molecule has 4 heteroatoms. The second-order valence-electron chi connectivity index (χ2n) is 7.82. The Kier molecular flexibility index (Phi) is 3.69. The van der Waals surface area contributed by atoms with Gasteiger partial charge in [0.05, 0.1) is 5.41 Å². The first-order valence-corrected chi connectivity index (χ1v) is 8.89. The van der Waals surface area contributed by atoms with Crippen LogP contribution in [0.15, 0.2) is 24.3 Å². The van der Waals surface area contributed by atoms with E-state index in [-0.39, 0.29) is 17.8 Å². The summed E-state index contributed by atoms with van der Waals surface area (Å²) in [6.45, 7) is 1.93. The monoisotopic (exact) mass is 332 g/mol. The first kappa shape index (κ1) is 15.5. The lowest BCUT2D eigenvalue weighted by Gasteiger charge is -2.37. The predicted octanol–water partition coefficient (Wildman–Crippen LogP) is 2.64. The van der Waals surface area contributed by atoms with Crippen molar-refractivity contribution in [3.8, 4) is 0 Å². The second kappa shape index (κ2) is 5.49.